The zero-order valence-corrected chi connectivity index (χ0v) is 7.82. The molecule has 6 heteroatoms. The van der Waals surface area contributed by atoms with Gasteiger partial charge in [-0.3, -0.25) is 0 Å². The smallest absolute Gasteiger partial charge is 0.256 e. The van der Waals surface area contributed by atoms with Crippen LogP contribution >= 0.6 is 10.7 Å². The van der Waals surface area contributed by atoms with Crippen LogP contribution in [-0.2, 0) is 18.5 Å². The Balaban J connectivity index is 3.16. The molecule has 0 saturated heterocycles. The summed E-state index contributed by atoms with van der Waals surface area (Å²) in [5, 5.41) is 0. The number of rotatable bonds is 6. The highest BCUT2D eigenvalue weighted by molar-refractivity contribution is 8.13. The molecule has 4 nitrogen and oxygen atoms in total. The Hall–Kier alpha value is 0.160. The molecule has 0 aromatic rings. The minimum absolute atomic E-state index is 0.250. The fourth-order valence-corrected chi connectivity index (χ4v) is 0.927. The first kappa shape index (κ1) is 11.2. The Labute approximate surface area is 70.9 Å². The summed E-state index contributed by atoms with van der Waals surface area (Å²) in [4.78, 5) is 0. The molecule has 0 aromatic heterocycles. The molecule has 0 aromatic carbocycles. The molecule has 0 heterocycles. The van der Waals surface area contributed by atoms with E-state index in [9.17, 15) is 8.42 Å². The number of hydrogen-bond acceptors (Lipinski definition) is 4. The van der Waals surface area contributed by atoms with Crippen molar-refractivity contribution in [2.24, 2.45) is 0 Å². The molecule has 0 spiro atoms. The topological polar surface area (TPSA) is 52.6 Å². The third-order valence-corrected chi connectivity index (χ3v) is 1.52. The molecule has 0 aliphatic carbocycles. The van der Waals surface area contributed by atoms with E-state index in [1.165, 1.54) is 0 Å². The molecule has 0 rings (SSSR count). The second kappa shape index (κ2) is 5.77. The van der Waals surface area contributed by atoms with Crippen LogP contribution in [0.5, 0.6) is 0 Å². The van der Waals surface area contributed by atoms with E-state index in [0.717, 1.165) is 0 Å². The summed E-state index contributed by atoms with van der Waals surface area (Å²) < 4.78 is 30.1. The van der Waals surface area contributed by atoms with Gasteiger partial charge in [0.15, 0.2) is 5.94 Å². The Morgan fingerprint density at radius 1 is 1.27 bits per heavy atom. The fourth-order valence-electron chi connectivity index (χ4n) is 0.421. The first-order chi connectivity index (χ1) is 5.06. The lowest BCUT2D eigenvalue weighted by atomic mass is 10.7. The van der Waals surface area contributed by atoms with Gasteiger partial charge in [-0.2, -0.15) is 0 Å². The van der Waals surface area contributed by atoms with E-state index in [-0.39, 0.29) is 6.61 Å². The molecule has 0 bridgehead atoms. The highest BCUT2D eigenvalue weighted by Gasteiger charge is 2.03. The van der Waals surface area contributed by atoms with E-state index in [1.807, 2.05) is 6.92 Å². The maximum Gasteiger partial charge on any atom is 0.256 e. The van der Waals surface area contributed by atoms with Gasteiger partial charge in [0, 0.05) is 17.3 Å². The summed E-state index contributed by atoms with van der Waals surface area (Å²) in [6.45, 7) is 3.08. The molecule has 0 N–H and O–H groups in total. The zero-order valence-electron chi connectivity index (χ0n) is 6.25. The lowest BCUT2D eigenvalue weighted by Crippen LogP contribution is -2.08. The van der Waals surface area contributed by atoms with Crippen molar-refractivity contribution in [2.45, 2.75) is 6.92 Å². The van der Waals surface area contributed by atoms with E-state index < -0.39 is 15.0 Å². The molecular formula is C5H11ClO4S. The quantitative estimate of drug-likeness (QED) is 0.467. The SMILES string of the molecule is CCOCCOCS(=O)(=O)Cl. The number of halogens is 1. The van der Waals surface area contributed by atoms with Crippen molar-refractivity contribution >= 4 is 19.7 Å². The van der Waals surface area contributed by atoms with Crippen molar-refractivity contribution < 1.29 is 17.9 Å². The van der Waals surface area contributed by atoms with Crippen LogP contribution in [0.3, 0.4) is 0 Å². The minimum Gasteiger partial charge on any atom is -0.379 e. The monoisotopic (exact) mass is 202 g/mol. The van der Waals surface area contributed by atoms with Crippen LogP contribution in [0.15, 0.2) is 0 Å². The molecule has 0 saturated carbocycles. The van der Waals surface area contributed by atoms with Gasteiger partial charge in [0.25, 0.3) is 9.05 Å². The van der Waals surface area contributed by atoms with Gasteiger partial charge in [-0.25, -0.2) is 8.42 Å². The molecule has 0 amide bonds. The van der Waals surface area contributed by atoms with Crippen LogP contribution in [0, 0.1) is 0 Å². The van der Waals surface area contributed by atoms with Crippen molar-refractivity contribution in [1.29, 1.82) is 0 Å². The van der Waals surface area contributed by atoms with Gasteiger partial charge in [-0.05, 0) is 6.92 Å². The van der Waals surface area contributed by atoms with Crippen LogP contribution in [-0.4, -0.2) is 34.2 Å². The molecule has 0 unspecified atom stereocenters. The van der Waals surface area contributed by atoms with Crippen molar-refractivity contribution in [2.75, 3.05) is 25.8 Å². The normalized spacial score (nSPS) is 11.8. The lowest BCUT2D eigenvalue weighted by Gasteiger charge is -2.00. The third kappa shape index (κ3) is 10.2. The van der Waals surface area contributed by atoms with E-state index in [2.05, 4.69) is 4.74 Å². The van der Waals surface area contributed by atoms with Gasteiger partial charge >= 0.3 is 0 Å². The van der Waals surface area contributed by atoms with Gasteiger partial charge in [-0.15, -0.1) is 0 Å². The third-order valence-electron chi connectivity index (χ3n) is 0.800. The highest BCUT2D eigenvalue weighted by atomic mass is 35.7. The second-order valence-electron chi connectivity index (χ2n) is 1.76. The van der Waals surface area contributed by atoms with Gasteiger partial charge < -0.3 is 9.47 Å². The van der Waals surface area contributed by atoms with Crippen molar-refractivity contribution in [3.05, 3.63) is 0 Å². The average molecular weight is 203 g/mol. The van der Waals surface area contributed by atoms with E-state index in [1.54, 1.807) is 0 Å². The number of hydrogen-bond donors (Lipinski definition) is 0. The van der Waals surface area contributed by atoms with Gasteiger partial charge in [0.2, 0.25) is 0 Å². The zero-order chi connectivity index (χ0) is 8.74. The van der Waals surface area contributed by atoms with Gasteiger partial charge in [0.1, 0.15) is 0 Å². The summed E-state index contributed by atoms with van der Waals surface area (Å²) >= 11 is 0. The summed E-state index contributed by atoms with van der Waals surface area (Å²) in [5.74, 6) is -0.457. The molecule has 0 atom stereocenters. The van der Waals surface area contributed by atoms with Crippen molar-refractivity contribution in [1.82, 2.24) is 0 Å². The molecule has 0 aliphatic rings. The average Bonchev–Trinajstić information content (AvgIpc) is 1.85. The Morgan fingerprint density at radius 3 is 2.27 bits per heavy atom. The van der Waals surface area contributed by atoms with Crippen LogP contribution < -0.4 is 0 Å². The Morgan fingerprint density at radius 2 is 1.82 bits per heavy atom. The molecule has 11 heavy (non-hydrogen) atoms. The lowest BCUT2D eigenvalue weighted by molar-refractivity contribution is 0.0707. The van der Waals surface area contributed by atoms with Gasteiger partial charge in [0.05, 0.1) is 13.2 Å². The first-order valence-electron chi connectivity index (χ1n) is 3.14. The number of ether oxygens (including phenoxy) is 2. The van der Waals surface area contributed by atoms with Crippen LogP contribution in [0.4, 0.5) is 0 Å². The summed E-state index contributed by atoms with van der Waals surface area (Å²) in [6.07, 6.45) is 0. The first-order valence-corrected chi connectivity index (χ1v) is 5.62. The van der Waals surface area contributed by atoms with Crippen LogP contribution in [0.2, 0.25) is 0 Å². The van der Waals surface area contributed by atoms with Crippen molar-refractivity contribution in [3.63, 3.8) is 0 Å². The molecule has 0 radical (unpaired) electrons. The Kier molecular flexibility index (Phi) is 5.85. The Bertz CT molecular complexity index is 177. The summed E-state index contributed by atoms with van der Waals surface area (Å²) in [7, 11) is 1.34. The second-order valence-corrected chi connectivity index (χ2v) is 4.49. The fraction of sp³-hybridized carbons (Fsp3) is 1.00. The van der Waals surface area contributed by atoms with E-state index >= 15 is 0 Å². The molecular weight excluding hydrogens is 192 g/mol. The maximum absolute atomic E-state index is 10.3. The van der Waals surface area contributed by atoms with Crippen molar-refractivity contribution in [3.8, 4) is 0 Å². The van der Waals surface area contributed by atoms with E-state index in [4.69, 9.17) is 15.4 Å². The minimum atomic E-state index is -3.52. The predicted molar refractivity (Wildman–Crippen MR) is 42.1 cm³/mol. The molecule has 0 fully saturated rings. The molecule has 68 valence electrons. The standard InChI is InChI=1S/C5H11ClO4S/c1-2-9-3-4-10-5-11(6,7)8/h2-5H2,1H3. The van der Waals surface area contributed by atoms with E-state index in [0.29, 0.717) is 13.2 Å². The van der Waals surface area contributed by atoms with Crippen LogP contribution in [0.25, 0.3) is 0 Å². The summed E-state index contributed by atoms with van der Waals surface area (Å²) in [6, 6.07) is 0. The van der Waals surface area contributed by atoms with Crippen LogP contribution in [0.1, 0.15) is 6.92 Å². The maximum atomic E-state index is 10.3. The van der Waals surface area contributed by atoms with Gasteiger partial charge in [-0.1, -0.05) is 0 Å². The largest absolute Gasteiger partial charge is 0.379 e. The highest BCUT2D eigenvalue weighted by Crippen LogP contribution is 1.95. The predicted octanol–water partition coefficient (Wildman–Crippen LogP) is 0.566. The molecule has 0 aliphatic heterocycles. The summed E-state index contributed by atoms with van der Waals surface area (Å²) in [5.41, 5.74) is 0.